The van der Waals surface area contributed by atoms with Gasteiger partial charge in [-0.25, -0.2) is 18.1 Å². The number of nitrogens with zero attached hydrogens (tertiary/aromatic N) is 2. The smallest absolute Gasteiger partial charge is 0.242 e. The van der Waals surface area contributed by atoms with Crippen LogP contribution >= 0.6 is 22.9 Å². The molecule has 5 nitrogen and oxygen atoms in total. The molecule has 0 radical (unpaired) electrons. The normalized spacial score (nSPS) is 11.8. The van der Waals surface area contributed by atoms with Crippen molar-refractivity contribution in [3.63, 3.8) is 0 Å². The summed E-state index contributed by atoms with van der Waals surface area (Å²) in [7, 11) is -1.67. The maximum absolute atomic E-state index is 12.5. The monoisotopic (exact) mass is 409 g/mol. The summed E-state index contributed by atoms with van der Waals surface area (Å²) < 4.78 is 29.5. The third kappa shape index (κ3) is 3.71. The predicted molar refractivity (Wildman–Crippen MR) is 107 cm³/mol. The van der Waals surface area contributed by atoms with Crippen LogP contribution in [-0.4, -0.2) is 24.5 Å². The first kappa shape index (κ1) is 19.1. The fourth-order valence-electron chi connectivity index (χ4n) is 2.61. The summed E-state index contributed by atoms with van der Waals surface area (Å²) in [6.07, 6.45) is 0.745. The third-order valence-electron chi connectivity index (χ3n) is 4.18. The van der Waals surface area contributed by atoms with Crippen molar-refractivity contribution in [2.75, 3.05) is 6.54 Å². The molecule has 0 amide bonds. The van der Waals surface area contributed by atoms with Crippen molar-refractivity contribution >= 4 is 33.0 Å². The second-order valence-electron chi connectivity index (χ2n) is 5.98. The predicted octanol–water partition coefficient (Wildman–Crippen LogP) is 4.47. The van der Waals surface area contributed by atoms with Gasteiger partial charge in [0.25, 0.3) is 0 Å². The Balaban J connectivity index is 1.98. The molecule has 138 valence electrons. The molecule has 26 heavy (non-hydrogen) atoms. The molecule has 0 bridgehead atoms. The van der Waals surface area contributed by atoms with Crippen LogP contribution in [0.5, 0.6) is 0 Å². The van der Waals surface area contributed by atoms with Crippen molar-refractivity contribution in [3.8, 4) is 22.0 Å². The summed E-state index contributed by atoms with van der Waals surface area (Å²) in [5.74, 6) is 0. The van der Waals surface area contributed by atoms with Crippen molar-refractivity contribution in [3.05, 3.63) is 46.4 Å². The Labute approximate surface area is 162 Å². The van der Waals surface area contributed by atoms with Crippen LogP contribution < -0.4 is 4.72 Å². The number of hydrogen-bond acceptors (Lipinski definition) is 4. The highest BCUT2D eigenvalue weighted by Gasteiger charge is 2.23. The Morgan fingerprint density at radius 3 is 2.62 bits per heavy atom. The van der Waals surface area contributed by atoms with E-state index < -0.39 is 10.0 Å². The average Bonchev–Trinajstić information content (AvgIpc) is 3.20. The molecular weight excluding hydrogens is 390 g/mol. The summed E-state index contributed by atoms with van der Waals surface area (Å²) in [6.45, 7) is 4.15. The van der Waals surface area contributed by atoms with Crippen molar-refractivity contribution in [1.29, 1.82) is 0 Å². The highest BCUT2D eigenvalue weighted by atomic mass is 35.5. The van der Waals surface area contributed by atoms with Gasteiger partial charge in [0.2, 0.25) is 10.0 Å². The molecule has 8 heteroatoms. The summed E-state index contributed by atoms with van der Waals surface area (Å²) in [5, 5.41) is 3.42. The highest BCUT2D eigenvalue weighted by Crippen LogP contribution is 2.32. The molecule has 3 rings (SSSR count). The molecule has 2 heterocycles. The van der Waals surface area contributed by atoms with Crippen LogP contribution in [0.1, 0.15) is 19.0 Å². The van der Waals surface area contributed by atoms with E-state index in [1.165, 1.54) is 11.3 Å². The highest BCUT2D eigenvalue weighted by molar-refractivity contribution is 7.89. The molecule has 0 fully saturated rings. The lowest BCUT2D eigenvalue weighted by atomic mass is 10.2. The minimum Gasteiger partial charge on any atom is -0.345 e. The maximum Gasteiger partial charge on any atom is 0.242 e. The Bertz CT molecular complexity index is 1020. The molecule has 0 atom stereocenters. The number of nitrogens with one attached hydrogen (secondary N) is 1. The fraction of sp³-hybridized carbons (Fsp3) is 0.278. The van der Waals surface area contributed by atoms with E-state index in [0.717, 1.165) is 28.4 Å². The summed E-state index contributed by atoms with van der Waals surface area (Å²) in [4.78, 5) is 4.98. The van der Waals surface area contributed by atoms with Gasteiger partial charge in [-0.2, -0.15) is 0 Å². The van der Waals surface area contributed by atoms with Gasteiger partial charge in [0, 0.05) is 35.3 Å². The van der Waals surface area contributed by atoms with Crippen LogP contribution in [0.2, 0.25) is 5.02 Å². The second kappa shape index (κ2) is 7.52. The molecule has 0 unspecified atom stereocenters. The quantitative estimate of drug-likeness (QED) is 0.653. The number of benzene rings is 1. The Hall–Kier alpha value is -1.67. The lowest BCUT2D eigenvalue weighted by molar-refractivity contribution is 0.579. The van der Waals surface area contributed by atoms with Crippen LogP contribution in [0.3, 0.4) is 0 Å². The first-order valence-electron chi connectivity index (χ1n) is 8.21. The van der Waals surface area contributed by atoms with E-state index in [4.69, 9.17) is 11.6 Å². The largest absolute Gasteiger partial charge is 0.345 e. The van der Waals surface area contributed by atoms with E-state index in [1.807, 2.05) is 48.2 Å². The number of rotatable bonds is 6. The summed E-state index contributed by atoms with van der Waals surface area (Å²) >= 11 is 7.42. The van der Waals surface area contributed by atoms with Crippen LogP contribution in [0.15, 0.2) is 40.6 Å². The zero-order chi connectivity index (χ0) is 18.9. The number of sulfonamides is 1. The van der Waals surface area contributed by atoms with Crippen LogP contribution in [-0.2, 0) is 17.1 Å². The van der Waals surface area contributed by atoms with E-state index >= 15 is 0 Å². The molecule has 0 spiro atoms. The molecule has 0 aliphatic rings. The Morgan fingerprint density at radius 1 is 1.27 bits per heavy atom. The first-order chi connectivity index (χ1) is 12.3. The molecule has 0 aliphatic carbocycles. The van der Waals surface area contributed by atoms with Gasteiger partial charge in [0.15, 0.2) is 0 Å². The van der Waals surface area contributed by atoms with E-state index in [-0.39, 0.29) is 0 Å². The Kier molecular flexibility index (Phi) is 5.53. The van der Waals surface area contributed by atoms with Gasteiger partial charge in [-0.3, -0.25) is 0 Å². The van der Waals surface area contributed by atoms with Crippen molar-refractivity contribution in [1.82, 2.24) is 14.3 Å². The maximum atomic E-state index is 12.5. The number of hydrogen-bond donors (Lipinski definition) is 1. The van der Waals surface area contributed by atoms with Crippen molar-refractivity contribution in [2.45, 2.75) is 25.2 Å². The third-order valence-corrected chi connectivity index (χ3v) is 6.88. The molecular formula is C18H20ClN3O2S2. The number of aromatic nitrogens is 2. The number of thiazole rings is 1. The lowest BCUT2D eigenvalue weighted by Crippen LogP contribution is -2.24. The van der Waals surface area contributed by atoms with Crippen LogP contribution in [0.4, 0.5) is 0 Å². The standard InChI is InChI=1S/C18H20ClN3O2S2/c1-4-9-20-26(23,24)17-10-16(22(3)12(17)2)18-21-15(11-25-18)13-5-7-14(19)8-6-13/h5-8,10-11,20H,4,9H2,1-3H3. The van der Waals surface area contributed by atoms with Gasteiger partial charge in [-0.1, -0.05) is 30.7 Å². The SMILES string of the molecule is CCCNS(=O)(=O)c1cc(-c2nc(-c3ccc(Cl)cc3)cs2)n(C)c1C. The minimum atomic E-state index is -3.52. The van der Waals surface area contributed by atoms with E-state index in [2.05, 4.69) is 9.71 Å². The van der Waals surface area contributed by atoms with Gasteiger partial charge in [0.1, 0.15) is 9.90 Å². The molecule has 0 saturated carbocycles. The van der Waals surface area contributed by atoms with E-state index in [1.54, 1.807) is 13.0 Å². The van der Waals surface area contributed by atoms with Gasteiger partial charge in [-0.15, -0.1) is 11.3 Å². The second-order valence-corrected chi connectivity index (χ2v) is 9.01. The van der Waals surface area contributed by atoms with Crippen LogP contribution in [0, 0.1) is 6.92 Å². The van der Waals surface area contributed by atoms with Gasteiger partial charge < -0.3 is 4.57 Å². The average molecular weight is 410 g/mol. The molecule has 2 aromatic heterocycles. The Morgan fingerprint density at radius 2 is 1.96 bits per heavy atom. The van der Waals surface area contributed by atoms with Crippen molar-refractivity contribution < 1.29 is 8.42 Å². The molecule has 1 N–H and O–H groups in total. The van der Waals surface area contributed by atoms with E-state index in [0.29, 0.717) is 22.2 Å². The molecule has 0 aliphatic heterocycles. The van der Waals surface area contributed by atoms with Gasteiger partial charge >= 0.3 is 0 Å². The lowest BCUT2D eigenvalue weighted by Gasteiger charge is -2.05. The molecule has 0 saturated heterocycles. The van der Waals surface area contributed by atoms with Crippen LogP contribution in [0.25, 0.3) is 22.0 Å². The van der Waals surface area contributed by atoms with Gasteiger partial charge in [0.05, 0.1) is 11.4 Å². The van der Waals surface area contributed by atoms with Crippen molar-refractivity contribution in [2.24, 2.45) is 7.05 Å². The molecule has 1 aromatic carbocycles. The summed E-state index contributed by atoms with van der Waals surface area (Å²) in [6, 6.07) is 9.18. The van der Waals surface area contributed by atoms with Gasteiger partial charge in [-0.05, 0) is 31.5 Å². The molecule has 3 aromatic rings. The first-order valence-corrected chi connectivity index (χ1v) is 11.0. The fourth-order valence-corrected chi connectivity index (χ4v) is 5.03. The zero-order valence-corrected chi connectivity index (χ0v) is 17.2. The minimum absolute atomic E-state index is 0.298. The zero-order valence-electron chi connectivity index (χ0n) is 14.8. The number of halogens is 1. The van der Waals surface area contributed by atoms with E-state index in [9.17, 15) is 8.42 Å². The summed E-state index contributed by atoms with van der Waals surface area (Å²) in [5.41, 5.74) is 3.28. The topological polar surface area (TPSA) is 64.0 Å².